The molecule has 1 aliphatic rings. The highest BCUT2D eigenvalue weighted by atomic mass is 32.2. The van der Waals surface area contributed by atoms with Crippen molar-refractivity contribution >= 4 is 35.2 Å². The molecule has 1 saturated heterocycles. The maximum Gasteiger partial charge on any atom is 0.307 e. The molecule has 0 aliphatic carbocycles. The van der Waals surface area contributed by atoms with E-state index < -0.39 is 28.6 Å². The molecule has 34 heavy (non-hydrogen) atoms. The summed E-state index contributed by atoms with van der Waals surface area (Å²) in [5.74, 6) is 0.377. The van der Waals surface area contributed by atoms with E-state index in [0.717, 1.165) is 33.3 Å². The maximum atomic E-state index is 13.4. The second-order valence-electron chi connectivity index (χ2n) is 10.1. The summed E-state index contributed by atoms with van der Waals surface area (Å²) >= 11 is 1.45. The molecular weight excluding hydrogens is 486 g/mol. The van der Waals surface area contributed by atoms with Crippen LogP contribution in [0.15, 0.2) is 53.2 Å². The third-order valence-corrected chi connectivity index (χ3v) is 12.1. The third kappa shape index (κ3) is 5.36. The van der Waals surface area contributed by atoms with Gasteiger partial charge in [-0.1, -0.05) is 55.5 Å². The van der Waals surface area contributed by atoms with E-state index in [4.69, 9.17) is 9.26 Å². The average Bonchev–Trinajstić information content (AvgIpc) is 3.47. The Bertz CT molecular complexity index is 1230. The SMILES string of the molecule is C[Si](C)(C)CCOC(=O)C[C@]1(c2ccc(-c3ccc(-c4ccno4)cc3)s2)CCCCS1(=O)=O. The van der Waals surface area contributed by atoms with Crippen molar-refractivity contribution in [1.82, 2.24) is 5.16 Å². The van der Waals surface area contributed by atoms with Crippen LogP contribution in [0.25, 0.3) is 21.8 Å². The number of aromatic nitrogens is 1. The van der Waals surface area contributed by atoms with Gasteiger partial charge in [-0.2, -0.15) is 0 Å². The number of carbonyl (C=O) groups excluding carboxylic acids is 1. The molecule has 3 aromatic rings. The Morgan fingerprint density at radius 3 is 2.47 bits per heavy atom. The molecule has 0 amide bonds. The lowest BCUT2D eigenvalue weighted by atomic mass is 9.95. The van der Waals surface area contributed by atoms with Crippen LogP contribution in [0.3, 0.4) is 0 Å². The highest BCUT2D eigenvalue weighted by Gasteiger charge is 2.49. The first-order chi connectivity index (χ1) is 16.1. The fraction of sp³-hybridized carbons (Fsp3) is 0.440. The van der Waals surface area contributed by atoms with Gasteiger partial charge in [0.25, 0.3) is 0 Å². The van der Waals surface area contributed by atoms with Crippen molar-refractivity contribution in [1.29, 1.82) is 0 Å². The van der Waals surface area contributed by atoms with Gasteiger partial charge in [-0.15, -0.1) is 11.3 Å². The Hall–Kier alpha value is -2.23. The van der Waals surface area contributed by atoms with Gasteiger partial charge in [0.2, 0.25) is 0 Å². The number of rotatable bonds is 8. The summed E-state index contributed by atoms with van der Waals surface area (Å²) in [6.45, 7) is 7.02. The molecule has 0 N–H and O–H groups in total. The monoisotopic (exact) mass is 517 g/mol. The van der Waals surface area contributed by atoms with Crippen LogP contribution in [0, 0.1) is 0 Å². The predicted octanol–water partition coefficient (Wildman–Crippen LogP) is 6.14. The number of benzene rings is 1. The lowest BCUT2D eigenvalue weighted by molar-refractivity contribution is -0.144. The fourth-order valence-electron chi connectivity index (χ4n) is 4.27. The van der Waals surface area contributed by atoms with Gasteiger partial charge in [-0.3, -0.25) is 4.79 Å². The van der Waals surface area contributed by atoms with E-state index in [0.29, 0.717) is 25.2 Å². The summed E-state index contributed by atoms with van der Waals surface area (Å²) in [4.78, 5) is 14.5. The predicted molar refractivity (Wildman–Crippen MR) is 138 cm³/mol. The first kappa shape index (κ1) is 24.9. The second kappa shape index (κ2) is 9.79. The highest BCUT2D eigenvalue weighted by molar-refractivity contribution is 7.92. The Kier molecular flexibility index (Phi) is 7.16. The van der Waals surface area contributed by atoms with Gasteiger partial charge < -0.3 is 9.26 Å². The van der Waals surface area contributed by atoms with E-state index in [-0.39, 0.29) is 12.2 Å². The second-order valence-corrected chi connectivity index (χ2v) is 19.2. The number of sulfone groups is 1. The van der Waals surface area contributed by atoms with Gasteiger partial charge in [0, 0.05) is 29.5 Å². The summed E-state index contributed by atoms with van der Waals surface area (Å²) in [6.07, 6.45) is 3.35. The van der Waals surface area contributed by atoms with E-state index in [2.05, 4.69) is 24.8 Å². The lowest BCUT2D eigenvalue weighted by Crippen LogP contribution is -2.42. The van der Waals surface area contributed by atoms with Crippen LogP contribution in [0.2, 0.25) is 25.7 Å². The number of hydrogen-bond acceptors (Lipinski definition) is 7. The number of ether oxygens (including phenoxy) is 1. The fourth-order valence-corrected chi connectivity index (χ4v) is 8.76. The quantitative estimate of drug-likeness (QED) is 0.264. The van der Waals surface area contributed by atoms with Crippen LogP contribution in [-0.2, 0) is 24.1 Å². The Morgan fingerprint density at radius 1 is 1.09 bits per heavy atom. The first-order valence-electron chi connectivity index (χ1n) is 11.6. The molecule has 1 aromatic carbocycles. The lowest BCUT2D eigenvalue weighted by Gasteiger charge is -2.35. The standard InChI is InChI=1S/C25H31NO5S2Si/c1-34(2,3)17-15-30-24(27)18-25(13-4-5-16-33(25,28)29)23-11-10-22(32-23)20-8-6-19(7-9-20)21-12-14-26-31-21/h6-12,14H,4-5,13,15-18H2,1-3H3/t25-/m0/s1. The van der Waals surface area contributed by atoms with E-state index in [9.17, 15) is 13.2 Å². The molecule has 6 nitrogen and oxygen atoms in total. The molecule has 0 unspecified atom stereocenters. The minimum atomic E-state index is -3.49. The largest absolute Gasteiger partial charge is 0.466 e. The van der Waals surface area contributed by atoms with E-state index in [1.165, 1.54) is 11.3 Å². The first-order valence-corrected chi connectivity index (χ1v) is 17.8. The molecule has 1 aliphatic heterocycles. The molecule has 0 saturated carbocycles. The van der Waals surface area contributed by atoms with Crippen LogP contribution in [0.4, 0.5) is 0 Å². The molecule has 1 fully saturated rings. The molecule has 9 heteroatoms. The Labute approximate surface area is 206 Å². The minimum Gasteiger partial charge on any atom is -0.466 e. The zero-order chi connectivity index (χ0) is 24.4. The smallest absolute Gasteiger partial charge is 0.307 e. The molecule has 4 rings (SSSR count). The summed E-state index contributed by atoms with van der Waals surface area (Å²) in [6, 6.07) is 14.4. The van der Waals surface area contributed by atoms with Gasteiger partial charge in [0.15, 0.2) is 15.6 Å². The topological polar surface area (TPSA) is 86.5 Å². The Morgan fingerprint density at radius 2 is 1.82 bits per heavy atom. The van der Waals surface area contributed by atoms with Crippen molar-refractivity contribution in [3.8, 4) is 21.8 Å². The van der Waals surface area contributed by atoms with E-state index >= 15 is 0 Å². The number of nitrogens with zero attached hydrogens (tertiary/aromatic N) is 1. The summed E-state index contributed by atoms with van der Waals surface area (Å²) in [7, 11) is -4.84. The average molecular weight is 518 g/mol. The normalized spacial score (nSPS) is 20.2. The Balaban J connectivity index is 1.59. The molecule has 0 spiro atoms. The maximum absolute atomic E-state index is 13.4. The molecule has 3 heterocycles. The van der Waals surface area contributed by atoms with Crippen LogP contribution >= 0.6 is 11.3 Å². The summed E-state index contributed by atoms with van der Waals surface area (Å²) in [5.41, 5.74) is 1.91. The van der Waals surface area contributed by atoms with Gasteiger partial charge in [-0.25, -0.2) is 8.42 Å². The van der Waals surface area contributed by atoms with Crippen molar-refractivity contribution in [3.05, 3.63) is 53.5 Å². The van der Waals surface area contributed by atoms with Crippen LogP contribution < -0.4 is 0 Å². The van der Waals surface area contributed by atoms with Crippen molar-refractivity contribution < 1.29 is 22.5 Å². The van der Waals surface area contributed by atoms with Gasteiger partial charge in [-0.05, 0) is 36.6 Å². The van der Waals surface area contributed by atoms with Gasteiger partial charge in [0.05, 0.1) is 25.0 Å². The number of hydrogen-bond donors (Lipinski definition) is 0. The molecule has 1 atom stereocenters. The highest BCUT2D eigenvalue weighted by Crippen LogP contribution is 2.47. The van der Waals surface area contributed by atoms with Gasteiger partial charge >= 0.3 is 5.97 Å². The van der Waals surface area contributed by atoms with Crippen LogP contribution in [0.1, 0.15) is 30.6 Å². The van der Waals surface area contributed by atoms with Crippen molar-refractivity contribution in [2.24, 2.45) is 0 Å². The number of thiophene rings is 1. The van der Waals surface area contributed by atoms with Crippen LogP contribution in [-0.4, -0.2) is 40.0 Å². The zero-order valence-corrected chi connectivity index (χ0v) is 22.5. The third-order valence-electron chi connectivity index (χ3n) is 6.33. The minimum absolute atomic E-state index is 0.105. The van der Waals surface area contributed by atoms with E-state index in [1.54, 1.807) is 12.3 Å². The van der Waals surface area contributed by atoms with Crippen molar-refractivity contribution in [3.63, 3.8) is 0 Å². The van der Waals surface area contributed by atoms with Gasteiger partial charge in [0.1, 0.15) is 4.75 Å². The number of esters is 1. The zero-order valence-electron chi connectivity index (χ0n) is 19.9. The molecule has 2 aromatic heterocycles. The molecule has 0 radical (unpaired) electrons. The molecule has 0 bridgehead atoms. The van der Waals surface area contributed by atoms with E-state index in [1.807, 2.05) is 36.4 Å². The summed E-state index contributed by atoms with van der Waals surface area (Å²) < 4.78 is 36.3. The summed E-state index contributed by atoms with van der Waals surface area (Å²) in [5, 5.41) is 3.74. The van der Waals surface area contributed by atoms with Crippen molar-refractivity contribution in [2.75, 3.05) is 12.4 Å². The van der Waals surface area contributed by atoms with Crippen molar-refractivity contribution in [2.45, 2.75) is 56.1 Å². The molecular formula is C25H31NO5S2Si. The van der Waals surface area contributed by atoms with Crippen LogP contribution in [0.5, 0.6) is 0 Å². The molecule has 182 valence electrons. The number of carbonyl (C=O) groups is 1.